The van der Waals surface area contributed by atoms with E-state index in [2.05, 4.69) is 41.9 Å². The first kappa shape index (κ1) is 13.8. The minimum Gasteiger partial charge on any atom is -0.353 e. The van der Waals surface area contributed by atoms with Crippen LogP contribution in [0.25, 0.3) is 5.52 Å². The lowest BCUT2D eigenvalue weighted by Crippen LogP contribution is -2.32. The van der Waals surface area contributed by atoms with Gasteiger partial charge in [0.15, 0.2) is 5.82 Å². The third-order valence-corrected chi connectivity index (χ3v) is 4.14. The van der Waals surface area contributed by atoms with E-state index in [-0.39, 0.29) is 0 Å². The molecule has 2 aromatic heterocycles. The summed E-state index contributed by atoms with van der Waals surface area (Å²) >= 11 is 3.53. The normalized spacial score (nSPS) is 17.6. The molecule has 1 saturated heterocycles. The van der Waals surface area contributed by atoms with Gasteiger partial charge in [0, 0.05) is 43.9 Å². The van der Waals surface area contributed by atoms with Gasteiger partial charge in [-0.05, 0) is 26.0 Å². The van der Waals surface area contributed by atoms with Crippen molar-refractivity contribution in [3.05, 3.63) is 24.2 Å². The van der Waals surface area contributed by atoms with E-state index in [4.69, 9.17) is 0 Å². The Hall–Kier alpha value is -1.14. The number of hydrogen-bond acceptors (Lipinski definition) is 4. The molecule has 3 heterocycles. The van der Waals surface area contributed by atoms with Gasteiger partial charge in [-0.3, -0.25) is 0 Å². The molecule has 0 radical (unpaired) electrons. The number of aromatic nitrogens is 3. The average Bonchev–Trinajstić information content (AvgIpc) is 2.67. The first-order valence-corrected chi connectivity index (χ1v) is 8.24. The highest BCUT2D eigenvalue weighted by atomic mass is 79.9. The monoisotopic (exact) mass is 337 g/mol. The third kappa shape index (κ3) is 2.81. The van der Waals surface area contributed by atoms with Gasteiger partial charge in [0.05, 0.1) is 5.69 Å². The predicted octanol–water partition coefficient (Wildman–Crippen LogP) is 1.94. The van der Waals surface area contributed by atoms with Crippen LogP contribution in [0.1, 0.15) is 12.1 Å². The van der Waals surface area contributed by atoms with E-state index < -0.39 is 0 Å². The molecular weight excluding hydrogens is 318 g/mol. The summed E-state index contributed by atoms with van der Waals surface area (Å²) < 4.78 is 1.93. The van der Waals surface area contributed by atoms with Crippen molar-refractivity contribution in [1.29, 1.82) is 0 Å². The van der Waals surface area contributed by atoms with Gasteiger partial charge in [0.1, 0.15) is 5.52 Å². The maximum Gasteiger partial charge on any atom is 0.154 e. The van der Waals surface area contributed by atoms with Gasteiger partial charge in [0.2, 0.25) is 0 Å². The molecule has 0 bridgehead atoms. The maximum atomic E-state index is 4.59. The summed E-state index contributed by atoms with van der Waals surface area (Å²) in [5.74, 6) is 1.06. The Morgan fingerprint density at radius 3 is 3.00 bits per heavy atom. The van der Waals surface area contributed by atoms with Crippen LogP contribution in [0, 0.1) is 6.92 Å². The maximum absolute atomic E-state index is 4.59. The van der Waals surface area contributed by atoms with Crippen molar-refractivity contribution in [2.24, 2.45) is 0 Å². The van der Waals surface area contributed by atoms with E-state index in [9.17, 15) is 0 Å². The average molecular weight is 338 g/mol. The van der Waals surface area contributed by atoms with Crippen molar-refractivity contribution in [2.45, 2.75) is 13.3 Å². The van der Waals surface area contributed by atoms with Crippen LogP contribution in [0.3, 0.4) is 0 Å². The standard InChI is InChI=1S/C14H20BrN5/c1-12-11-13-14(16-4-8-20(13)17-12)19-6-2-5-18(7-3-15)9-10-19/h4,8,11H,2-3,5-7,9-10H2,1H3. The quantitative estimate of drug-likeness (QED) is 0.802. The fraction of sp³-hybridized carbons (Fsp3) is 0.571. The Morgan fingerprint density at radius 1 is 1.25 bits per heavy atom. The Bertz CT molecular complexity index is 582. The van der Waals surface area contributed by atoms with Gasteiger partial charge in [-0.25, -0.2) is 9.50 Å². The summed E-state index contributed by atoms with van der Waals surface area (Å²) in [5.41, 5.74) is 2.15. The molecule has 0 aliphatic carbocycles. The topological polar surface area (TPSA) is 36.7 Å². The van der Waals surface area contributed by atoms with Crippen molar-refractivity contribution in [3.8, 4) is 0 Å². The summed E-state index contributed by atoms with van der Waals surface area (Å²) in [4.78, 5) is 9.50. The summed E-state index contributed by atoms with van der Waals surface area (Å²) in [5, 5.41) is 5.51. The number of fused-ring (bicyclic) bond motifs is 1. The molecule has 0 atom stereocenters. The smallest absolute Gasteiger partial charge is 0.154 e. The molecule has 1 aliphatic rings. The zero-order chi connectivity index (χ0) is 13.9. The summed E-state index contributed by atoms with van der Waals surface area (Å²) in [6, 6.07) is 2.11. The molecule has 2 aromatic rings. The fourth-order valence-corrected chi connectivity index (χ4v) is 3.30. The molecule has 5 nitrogen and oxygen atoms in total. The molecular formula is C14H20BrN5. The zero-order valence-electron chi connectivity index (χ0n) is 11.8. The van der Waals surface area contributed by atoms with E-state index in [1.165, 1.54) is 13.0 Å². The molecule has 0 amide bonds. The molecule has 108 valence electrons. The second kappa shape index (κ2) is 6.10. The number of alkyl halides is 1. The lowest BCUT2D eigenvalue weighted by molar-refractivity contribution is 0.313. The van der Waals surface area contributed by atoms with Crippen LogP contribution in [0.15, 0.2) is 18.5 Å². The Balaban J connectivity index is 1.84. The van der Waals surface area contributed by atoms with E-state index in [0.29, 0.717) is 0 Å². The minimum atomic E-state index is 1.03. The number of halogens is 1. The van der Waals surface area contributed by atoms with Crippen LogP contribution in [0.5, 0.6) is 0 Å². The number of rotatable bonds is 3. The lowest BCUT2D eigenvalue weighted by Gasteiger charge is -2.22. The van der Waals surface area contributed by atoms with Crippen LogP contribution in [-0.4, -0.2) is 57.6 Å². The van der Waals surface area contributed by atoms with Crippen molar-refractivity contribution in [2.75, 3.05) is 43.0 Å². The minimum absolute atomic E-state index is 1.03. The zero-order valence-corrected chi connectivity index (χ0v) is 13.4. The van der Waals surface area contributed by atoms with Gasteiger partial charge in [-0.15, -0.1) is 0 Å². The van der Waals surface area contributed by atoms with E-state index in [0.717, 1.165) is 48.5 Å². The lowest BCUT2D eigenvalue weighted by atomic mass is 10.3. The highest BCUT2D eigenvalue weighted by Gasteiger charge is 2.18. The van der Waals surface area contributed by atoms with Crippen molar-refractivity contribution >= 4 is 27.3 Å². The molecule has 0 spiro atoms. The van der Waals surface area contributed by atoms with Crippen LogP contribution in [0.2, 0.25) is 0 Å². The Labute approximate surface area is 127 Å². The van der Waals surface area contributed by atoms with Crippen LogP contribution < -0.4 is 4.90 Å². The summed E-state index contributed by atoms with van der Waals surface area (Å²) in [6.07, 6.45) is 4.94. The van der Waals surface area contributed by atoms with Crippen LogP contribution >= 0.6 is 15.9 Å². The van der Waals surface area contributed by atoms with E-state index in [1.54, 1.807) is 0 Å². The second-order valence-corrected chi connectivity index (χ2v) is 6.03. The molecule has 1 fully saturated rings. The highest BCUT2D eigenvalue weighted by Crippen LogP contribution is 2.20. The Kier molecular flexibility index (Phi) is 4.21. The molecule has 0 N–H and O–H groups in total. The molecule has 0 saturated carbocycles. The molecule has 20 heavy (non-hydrogen) atoms. The van der Waals surface area contributed by atoms with Gasteiger partial charge in [0.25, 0.3) is 0 Å². The van der Waals surface area contributed by atoms with Gasteiger partial charge < -0.3 is 9.80 Å². The number of hydrogen-bond donors (Lipinski definition) is 0. The molecule has 1 aliphatic heterocycles. The largest absolute Gasteiger partial charge is 0.353 e. The number of aryl methyl sites for hydroxylation is 1. The molecule has 0 aromatic carbocycles. The van der Waals surface area contributed by atoms with Crippen LogP contribution in [-0.2, 0) is 0 Å². The van der Waals surface area contributed by atoms with E-state index in [1.807, 2.05) is 23.8 Å². The molecule has 3 rings (SSSR count). The number of nitrogens with zero attached hydrogens (tertiary/aromatic N) is 5. The van der Waals surface area contributed by atoms with Gasteiger partial charge in [-0.1, -0.05) is 15.9 Å². The molecule has 6 heteroatoms. The van der Waals surface area contributed by atoms with Gasteiger partial charge >= 0.3 is 0 Å². The van der Waals surface area contributed by atoms with Crippen molar-refractivity contribution in [3.63, 3.8) is 0 Å². The first-order chi connectivity index (χ1) is 9.78. The van der Waals surface area contributed by atoms with Crippen molar-refractivity contribution < 1.29 is 0 Å². The second-order valence-electron chi connectivity index (χ2n) is 5.24. The summed E-state index contributed by atoms with van der Waals surface area (Å²) in [7, 11) is 0. The third-order valence-electron chi connectivity index (χ3n) is 3.78. The van der Waals surface area contributed by atoms with Gasteiger partial charge in [-0.2, -0.15) is 5.10 Å². The van der Waals surface area contributed by atoms with Crippen molar-refractivity contribution in [1.82, 2.24) is 19.5 Å². The SMILES string of the molecule is Cc1cc2c(N3CCCN(CCBr)CC3)nccn2n1. The van der Waals surface area contributed by atoms with E-state index >= 15 is 0 Å². The highest BCUT2D eigenvalue weighted by molar-refractivity contribution is 9.09. The Morgan fingerprint density at radius 2 is 2.15 bits per heavy atom. The summed E-state index contributed by atoms with van der Waals surface area (Å²) in [6.45, 7) is 7.51. The van der Waals surface area contributed by atoms with Crippen LogP contribution in [0.4, 0.5) is 5.82 Å². The first-order valence-electron chi connectivity index (χ1n) is 7.12. The predicted molar refractivity (Wildman–Crippen MR) is 84.8 cm³/mol. The molecule has 0 unspecified atom stereocenters. The fourth-order valence-electron chi connectivity index (χ4n) is 2.80. The number of anilines is 1.